The number of hydrogen-bond acceptors (Lipinski definition) is 0. The van der Waals surface area contributed by atoms with Gasteiger partial charge in [0, 0.05) is 32.7 Å². The van der Waals surface area contributed by atoms with Crippen LogP contribution in [0.4, 0.5) is 0 Å². The molecule has 0 amide bonds. The largest absolute Gasteiger partial charge is 0.266 e. The summed E-state index contributed by atoms with van der Waals surface area (Å²) in [7, 11) is 0. The molecule has 0 fully saturated rings. The Morgan fingerprint density at radius 2 is 0.895 bits per heavy atom. The maximum Gasteiger partial charge on any atom is 0 e. The molecule has 0 N–H and O–H groups in total. The quantitative estimate of drug-likeness (QED) is 0.518. The second kappa shape index (κ2) is 7.74. The van der Waals surface area contributed by atoms with Gasteiger partial charge in [-0.15, -0.1) is 13.8 Å². The fourth-order valence-corrected chi connectivity index (χ4v) is 2.32. The summed E-state index contributed by atoms with van der Waals surface area (Å²) >= 11 is 0. The maximum absolute atomic E-state index is 3.36. The molecular formula is C18H26Y-2. The third kappa shape index (κ3) is 4.53. The molecule has 2 aliphatic carbocycles. The third-order valence-electron chi connectivity index (χ3n) is 4.47. The fraction of sp³-hybridized carbons (Fsp3) is 0.556. The molecule has 1 heteroatoms. The normalized spacial score (nSPS) is 25.7. The van der Waals surface area contributed by atoms with E-state index in [0.717, 1.165) is 0 Å². The number of hydrogen-bond donors (Lipinski definition) is 0. The van der Waals surface area contributed by atoms with E-state index in [1.165, 1.54) is 33.4 Å². The topological polar surface area (TPSA) is 0 Å². The van der Waals surface area contributed by atoms with Gasteiger partial charge in [0.1, 0.15) is 0 Å². The van der Waals surface area contributed by atoms with Crippen LogP contribution >= 0.6 is 0 Å². The van der Waals surface area contributed by atoms with E-state index in [4.69, 9.17) is 0 Å². The minimum absolute atomic E-state index is 0. The molecule has 0 aliphatic heterocycles. The van der Waals surface area contributed by atoms with Crippen molar-refractivity contribution in [2.75, 3.05) is 0 Å². The van der Waals surface area contributed by atoms with Crippen LogP contribution in [-0.4, -0.2) is 0 Å². The molecule has 0 bridgehead atoms. The van der Waals surface area contributed by atoms with Crippen LogP contribution in [0.15, 0.2) is 33.4 Å². The zero-order valence-corrected chi connectivity index (χ0v) is 16.6. The molecule has 0 aromatic rings. The average Bonchev–Trinajstić information content (AvgIpc) is 2.66. The van der Waals surface area contributed by atoms with E-state index in [9.17, 15) is 0 Å². The summed E-state index contributed by atoms with van der Waals surface area (Å²) in [4.78, 5) is 0. The zero-order chi connectivity index (χ0) is 14.0. The molecular weight excluding hydrogens is 305 g/mol. The molecule has 0 aromatic heterocycles. The first kappa shape index (κ1) is 19.1. The molecule has 0 spiro atoms. The van der Waals surface area contributed by atoms with Crippen LogP contribution in [0.1, 0.15) is 55.4 Å². The van der Waals surface area contributed by atoms with Crippen molar-refractivity contribution in [2.24, 2.45) is 11.8 Å². The monoisotopic (exact) mass is 331 g/mol. The fourth-order valence-electron chi connectivity index (χ4n) is 2.32. The summed E-state index contributed by atoms with van der Waals surface area (Å²) in [6, 6.07) is 0. The SMILES string of the molecule is CC1=[C-]C(C)C(C)=C1C.CC1=[C-]C(C)C(C)=C1C.[Y]. The van der Waals surface area contributed by atoms with E-state index in [-0.39, 0.29) is 32.7 Å². The summed E-state index contributed by atoms with van der Waals surface area (Å²) in [6.45, 7) is 17.3. The van der Waals surface area contributed by atoms with Crippen LogP contribution in [0.5, 0.6) is 0 Å². The summed E-state index contributed by atoms with van der Waals surface area (Å²) in [5, 5.41) is 0. The van der Waals surface area contributed by atoms with Crippen molar-refractivity contribution < 1.29 is 32.7 Å². The predicted octanol–water partition coefficient (Wildman–Crippen LogP) is 5.44. The Bertz CT molecular complexity index is 414. The first-order valence-electron chi connectivity index (χ1n) is 6.81. The van der Waals surface area contributed by atoms with Crippen molar-refractivity contribution >= 4 is 0 Å². The Balaban J connectivity index is 0.000000324. The minimum atomic E-state index is 0. The molecule has 19 heavy (non-hydrogen) atoms. The van der Waals surface area contributed by atoms with E-state index in [2.05, 4.69) is 67.5 Å². The van der Waals surface area contributed by atoms with Crippen LogP contribution in [0, 0.1) is 24.0 Å². The van der Waals surface area contributed by atoms with Crippen molar-refractivity contribution in [3.63, 3.8) is 0 Å². The first-order chi connectivity index (χ1) is 8.25. The van der Waals surface area contributed by atoms with E-state index in [1.54, 1.807) is 0 Å². The maximum atomic E-state index is 3.36. The van der Waals surface area contributed by atoms with Crippen LogP contribution in [0.2, 0.25) is 0 Å². The first-order valence-corrected chi connectivity index (χ1v) is 6.81. The van der Waals surface area contributed by atoms with Crippen molar-refractivity contribution in [1.29, 1.82) is 0 Å². The molecule has 0 saturated heterocycles. The van der Waals surface area contributed by atoms with Gasteiger partial charge in [-0.05, 0) is 0 Å². The van der Waals surface area contributed by atoms with Gasteiger partial charge in [-0.1, -0.05) is 53.4 Å². The molecule has 2 atom stereocenters. The molecule has 103 valence electrons. The number of allylic oxidation sites excluding steroid dienone is 8. The van der Waals surface area contributed by atoms with Gasteiger partial charge in [0.2, 0.25) is 0 Å². The summed E-state index contributed by atoms with van der Waals surface area (Å²) in [5.41, 5.74) is 8.49. The molecule has 0 heterocycles. The van der Waals surface area contributed by atoms with E-state index in [0.29, 0.717) is 11.8 Å². The number of rotatable bonds is 0. The zero-order valence-electron chi connectivity index (χ0n) is 13.7. The molecule has 0 saturated carbocycles. The molecule has 0 aromatic carbocycles. The van der Waals surface area contributed by atoms with Gasteiger partial charge in [-0.25, -0.2) is 11.1 Å². The van der Waals surface area contributed by atoms with Crippen molar-refractivity contribution in [3.05, 3.63) is 45.6 Å². The van der Waals surface area contributed by atoms with Gasteiger partial charge in [0.15, 0.2) is 0 Å². The van der Waals surface area contributed by atoms with Crippen LogP contribution in [0.3, 0.4) is 0 Å². The average molecular weight is 331 g/mol. The van der Waals surface area contributed by atoms with Gasteiger partial charge in [0.05, 0.1) is 0 Å². The van der Waals surface area contributed by atoms with Crippen LogP contribution < -0.4 is 0 Å². The molecule has 2 rings (SSSR count). The summed E-state index contributed by atoms with van der Waals surface area (Å²) < 4.78 is 0. The molecule has 2 aliphatic rings. The van der Waals surface area contributed by atoms with E-state index >= 15 is 0 Å². The standard InChI is InChI=1S/2C9H13.Y/c2*1-6-5-7(2)9(4)8(6)3;/h2*6H,1-4H3;/q2*-1;. The van der Waals surface area contributed by atoms with E-state index in [1.807, 2.05) is 0 Å². The van der Waals surface area contributed by atoms with Crippen molar-refractivity contribution in [3.8, 4) is 0 Å². The summed E-state index contributed by atoms with van der Waals surface area (Å²) in [5.74, 6) is 1.12. The molecule has 0 nitrogen and oxygen atoms in total. The smallest absolute Gasteiger partial charge is 0 e. The van der Waals surface area contributed by atoms with E-state index < -0.39 is 0 Å². The van der Waals surface area contributed by atoms with Gasteiger partial charge in [-0.3, -0.25) is 12.2 Å². The van der Waals surface area contributed by atoms with Crippen LogP contribution in [-0.2, 0) is 32.7 Å². The second-order valence-electron chi connectivity index (χ2n) is 5.60. The van der Waals surface area contributed by atoms with Gasteiger partial charge in [-0.2, -0.15) is 22.3 Å². The van der Waals surface area contributed by atoms with Crippen molar-refractivity contribution in [1.82, 2.24) is 0 Å². The molecule has 2 unspecified atom stereocenters. The minimum Gasteiger partial charge on any atom is -0.266 e. The second-order valence-corrected chi connectivity index (χ2v) is 5.60. The van der Waals surface area contributed by atoms with Gasteiger partial charge >= 0.3 is 0 Å². The predicted molar refractivity (Wildman–Crippen MR) is 79.9 cm³/mol. The van der Waals surface area contributed by atoms with Gasteiger partial charge in [0.25, 0.3) is 0 Å². The Hall–Kier alpha value is 0.0639. The third-order valence-corrected chi connectivity index (χ3v) is 4.47. The van der Waals surface area contributed by atoms with Crippen LogP contribution in [0.25, 0.3) is 0 Å². The summed E-state index contributed by atoms with van der Waals surface area (Å²) in [6.07, 6.45) is 6.72. The Kier molecular flexibility index (Phi) is 7.77. The Morgan fingerprint density at radius 1 is 0.632 bits per heavy atom. The van der Waals surface area contributed by atoms with Crippen molar-refractivity contribution in [2.45, 2.75) is 55.4 Å². The molecule has 1 radical (unpaired) electrons. The Morgan fingerprint density at radius 3 is 0.947 bits per heavy atom. The Labute approximate surface area is 145 Å². The van der Waals surface area contributed by atoms with Gasteiger partial charge < -0.3 is 0 Å².